The second kappa shape index (κ2) is 7.70. The molecule has 7 heteroatoms. The van der Waals surface area contributed by atoms with Crippen molar-refractivity contribution in [2.45, 2.75) is 37.6 Å². The van der Waals surface area contributed by atoms with E-state index in [2.05, 4.69) is 10.0 Å². The number of aryl methyl sites for hydroxylation is 2. The highest BCUT2D eigenvalue weighted by atomic mass is 32.2. The van der Waals surface area contributed by atoms with E-state index in [9.17, 15) is 13.2 Å². The lowest BCUT2D eigenvalue weighted by Crippen LogP contribution is -2.42. The third-order valence-corrected chi connectivity index (χ3v) is 6.21. The van der Waals surface area contributed by atoms with E-state index in [1.807, 2.05) is 19.1 Å². The molecule has 0 saturated heterocycles. The van der Waals surface area contributed by atoms with Gasteiger partial charge in [0.25, 0.3) is 15.9 Å². The van der Waals surface area contributed by atoms with Crippen LogP contribution in [0.5, 0.6) is 0 Å². The van der Waals surface area contributed by atoms with Crippen molar-refractivity contribution in [1.82, 2.24) is 5.32 Å². The molecule has 0 spiro atoms. The van der Waals surface area contributed by atoms with Crippen LogP contribution in [0.4, 0.5) is 5.69 Å². The molecule has 1 aliphatic rings. The van der Waals surface area contributed by atoms with Crippen LogP contribution < -0.4 is 15.8 Å². The monoisotopic (exact) mass is 387 g/mol. The predicted octanol–water partition coefficient (Wildman–Crippen LogP) is 2.57. The standard InChI is InChI=1S/C20H25N3O3S/c1-13-3-8-16(9-4-13)23-27(25,26)17-10-5-14(2)18(11-17)20(24)22-19(12-21)15-6-7-15/h3-5,8-11,15,19,23H,6-7,12,21H2,1-2H3,(H,22,24). The van der Waals surface area contributed by atoms with Gasteiger partial charge in [-0.25, -0.2) is 8.42 Å². The number of nitrogens with two attached hydrogens (primary N) is 1. The fourth-order valence-corrected chi connectivity index (χ4v) is 4.05. The number of benzene rings is 2. The van der Waals surface area contributed by atoms with Crippen molar-refractivity contribution >= 4 is 21.6 Å². The Balaban J connectivity index is 1.82. The van der Waals surface area contributed by atoms with E-state index < -0.39 is 10.0 Å². The number of rotatable bonds is 7. The molecule has 3 rings (SSSR count). The molecule has 0 aromatic heterocycles. The van der Waals surface area contributed by atoms with Crippen LogP contribution in [0, 0.1) is 19.8 Å². The van der Waals surface area contributed by atoms with Gasteiger partial charge in [0.05, 0.1) is 4.90 Å². The Kier molecular flexibility index (Phi) is 5.53. The molecule has 2 aromatic carbocycles. The SMILES string of the molecule is Cc1ccc(NS(=O)(=O)c2ccc(C)c(C(=O)NC(CN)C3CC3)c2)cc1. The zero-order valence-electron chi connectivity index (χ0n) is 15.5. The molecule has 144 valence electrons. The van der Waals surface area contributed by atoms with Gasteiger partial charge < -0.3 is 11.1 Å². The minimum atomic E-state index is -3.79. The van der Waals surface area contributed by atoms with Crippen LogP contribution in [0.25, 0.3) is 0 Å². The molecule has 1 amide bonds. The van der Waals surface area contributed by atoms with Crippen molar-refractivity contribution in [2.75, 3.05) is 11.3 Å². The van der Waals surface area contributed by atoms with Gasteiger partial charge in [0, 0.05) is 23.8 Å². The van der Waals surface area contributed by atoms with E-state index in [0.717, 1.165) is 18.4 Å². The van der Waals surface area contributed by atoms with Crippen LogP contribution in [0.3, 0.4) is 0 Å². The minimum Gasteiger partial charge on any atom is -0.348 e. The molecule has 1 fully saturated rings. The number of hydrogen-bond donors (Lipinski definition) is 3. The van der Waals surface area contributed by atoms with Gasteiger partial charge in [-0.3, -0.25) is 9.52 Å². The average molecular weight is 388 g/mol. The Morgan fingerprint density at radius 1 is 1.15 bits per heavy atom. The molecule has 27 heavy (non-hydrogen) atoms. The molecular formula is C20H25N3O3S. The quantitative estimate of drug-likeness (QED) is 0.679. The summed E-state index contributed by atoms with van der Waals surface area (Å²) in [7, 11) is -3.79. The number of hydrogen-bond acceptors (Lipinski definition) is 4. The summed E-state index contributed by atoms with van der Waals surface area (Å²) in [6.45, 7) is 4.09. The third kappa shape index (κ3) is 4.67. The first-order valence-electron chi connectivity index (χ1n) is 9.01. The highest BCUT2D eigenvalue weighted by Gasteiger charge is 2.31. The summed E-state index contributed by atoms with van der Waals surface area (Å²) >= 11 is 0. The number of carbonyl (C=O) groups excluding carboxylic acids is 1. The molecule has 6 nitrogen and oxygen atoms in total. The number of sulfonamides is 1. The van der Waals surface area contributed by atoms with Crippen molar-refractivity contribution in [2.24, 2.45) is 11.7 Å². The van der Waals surface area contributed by atoms with Gasteiger partial charge in [-0.15, -0.1) is 0 Å². The summed E-state index contributed by atoms with van der Waals surface area (Å²) in [5.74, 6) is 0.136. The van der Waals surface area contributed by atoms with Crippen molar-refractivity contribution in [1.29, 1.82) is 0 Å². The van der Waals surface area contributed by atoms with Crippen LogP contribution in [0.15, 0.2) is 47.4 Å². The predicted molar refractivity (Wildman–Crippen MR) is 106 cm³/mol. The van der Waals surface area contributed by atoms with Gasteiger partial charge >= 0.3 is 0 Å². The summed E-state index contributed by atoms with van der Waals surface area (Å²) in [6.07, 6.45) is 2.13. The molecule has 0 radical (unpaired) electrons. The Bertz CT molecular complexity index is 935. The largest absolute Gasteiger partial charge is 0.348 e. The van der Waals surface area contributed by atoms with Gasteiger partial charge in [0.15, 0.2) is 0 Å². The fourth-order valence-electron chi connectivity index (χ4n) is 2.96. The van der Waals surface area contributed by atoms with Crippen LogP contribution in [-0.2, 0) is 10.0 Å². The van der Waals surface area contributed by atoms with E-state index in [0.29, 0.717) is 29.3 Å². The van der Waals surface area contributed by atoms with E-state index in [1.54, 1.807) is 25.1 Å². The zero-order valence-corrected chi connectivity index (χ0v) is 16.3. The lowest BCUT2D eigenvalue weighted by atomic mass is 10.1. The smallest absolute Gasteiger partial charge is 0.261 e. The number of anilines is 1. The maximum atomic E-state index is 12.7. The van der Waals surface area contributed by atoms with Crippen LogP contribution in [0.2, 0.25) is 0 Å². The van der Waals surface area contributed by atoms with Crippen molar-refractivity contribution in [3.8, 4) is 0 Å². The lowest BCUT2D eigenvalue weighted by molar-refractivity contribution is 0.0932. The topological polar surface area (TPSA) is 101 Å². The van der Waals surface area contributed by atoms with Crippen molar-refractivity contribution in [3.63, 3.8) is 0 Å². The summed E-state index contributed by atoms with van der Waals surface area (Å²) in [5.41, 5.74) is 8.33. The first-order valence-corrected chi connectivity index (χ1v) is 10.5. The van der Waals surface area contributed by atoms with Gasteiger partial charge in [-0.1, -0.05) is 23.8 Å². The molecule has 0 heterocycles. The summed E-state index contributed by atoms with van der Waals surface area (Å²) < 4.78 is 28.0. The third-order valence-electron chi connectivity index (χ3n) is 4.83. The number of carbonyl (C=O) groups is 1. The highest BCUT2D eigenvalue weighted by Crippen LogP contribution is 2.32. The molecule has 1 aliphatic carbocycles. The van der Waals surface area contributed by atoms with Gasteiger partial charge in [0.1, 0.15) is 0 Å². The Labute approximate surface area is 160 Å². The molecule has 1 atom stereocenters. The van der Waals surface area contributed by atoms with E-state index in [-0.39, 0.29) is 16.8 Å². The molecule has 1 saturated carbocycles. The Hall–Kier alpha value is -2.38. The molecule has 0 bridgehead atoms. The lowest BCUT2D eigenvalue weighted by Gasteiger charge is -2.17. The fraction of sp³-hybridized carbons (Fsp3) is 0.350. The Morgan fingerprint density at radius 2 is 1.81 bits per heavy atom. The van der Waals surface area contributed by atoms with Crippen molar-refractivity contribution in [3.05, 3.63) is 59.2 Å². The first kappa shape index (κ1) is 19.4. The van der Waals surface area contributed by atoms with Crippen LogP contribution in [0.1, 0.15) is 34.3 Å². The normalized spacial score (nSPS) is 15.2. The van der Waals surface area contributed by atoms with E-state index in [1.165, 1.54) is 12.1 Å². The molecule has 4 N–H and O–H groups in total. The second-order valence-electron chi connectivity index (χ2n) is 7.10. The summed E-state index contributed by atoms with van der Waals surface area (Å²) in [6, 6.07) is 11.6. The number of amides is 1. The van der Waals surface area contributed by atoms with Gasteiger partial charge in [-0.2, -0.15) is 0 Å². The van der Waals surface area contributed by atoms with Crippen LogP contribution in [-0.4, -0.2) is 26.9 Å². The zero-order chi connectivity index (χ0) is 19.6. The molecule has 2 aromatic rings. The minimum absolute atomic E-state index is 0.0505. The Morgan fingerprint density at radius 3 is 2.41 bits per heavy atom. The average Bonchev–Trinajstić information content (AvgIpc) is 3.46. The maximum absolute atomic E-state index is 12.7. The van der Waals surface area contributed by atoms with Crippen molar-refractivity contribution < 1.29 is 13.2 Å². The molecule has 0 aliphatic heterocycles. The van der Waals surface area contributed by atoms with Gasteiger partial charge in [0.2, 0.25) is 0 Å². The van der Waals surface area contributed by atoms with Gasteiger partial charge in [-0.05, 0) is 62.4 Å². The summed E-state index contributed by atoms with van der Waals surface area (Å²) in [5, 5.41) is 2.94. The van der Waals surface area contributed by atoms with E-state index >= 15 is 0 Å². The number of nitrogens with one attached hydrogen (secondary N) is 2. The highest BCUT2D eigenvalue weighted by molar-refractivity contribution is 7.92. The summed E-state index contributed by atoms with van der Waals surface area (Å²) in [4.78, 5) is 12.7. The van der Waals surface area contributed by atoms with E-state index in [4.69, 9.17) is 5.73 Å². The van der Waals surface area contributed by atoms with Crippen LogP contribution >= 0.6 is 0 Å². The second-order valence-corrected chi connectivity index (χ2v) is 8.78. The molecular weight excluding hydrogens is 362 g/mol. The maximum Gasteiger partial charge on any atom is 0.261 e. The molecule has 1 unspecified atom stereocenters. The first-order chi connectivity index (χ1) is 12.8.